The van der Waals surface area contributed by atoms with Crippen LogP contribution in [0.1, 0.15) is 105 Å². The zero-order valence-corrected chi connectivity index (χ0v) is 36.6. The number of hydrogen-bond acceptors (Lipinski definition) is 10. The lowest BCUT2D eigenvalue weighted by atomic mass is 9.85. The number of H-pyrrole nitrogens is 1. The summed E-state index contributed by atoms with van der Waals surface area (Å²) in [5, 5.41) is 10.5. The molecule has 6 aliphatic heterocycles. The molecule has 0 bridgehead atoms. The maximum absolute atomic E-state index is 13.6. The average Bonchev–Trinajstić information content (AvgIpc) is 3.87. The van der Waals surface area contributed by atoms with Crippen molar-refractivity contribution in [1.82, 2.24) is 35.2 Å². The van der Waals surface area contributed by atoms with Crippen LogP contribution in [0.15, 0.2) is 48.8 Å². The Hall–Kier alpha value is -5.22. The van der Waals surface area contributed by atoms with Gasteiger partial charge < -0.3 is 19.4 Å². The van der Waals surface area contributed by atoms with Gasteiger partial charge in [-0.1, -0.05) is 26.8 Å². The third-order valence-electron chi connectivity index (χ3n) is 14.0. The number of piperidine rings is 2. The second-order valence-corrected chi connectivity index (χ2v) is 18.4. The standard InChI is InChI=1S/C27H33F3N6.C20H25N3O4/c1-17-14-35(15-17)19-7-9-34(10-8-19)20-3-5-25(31-12-20)26-21-4-6-24-23(13-32-33-24)22(21)11-18(2)36(26)16-27(28,29)30;1-3-7-22-13(4-2)11-27-17-9-14-12(8-16(17)22)10-23(20(14)26)15-5-6-18(24)21-19(15)25/h3-6,12-13,17-19,26H,7-11,14-16H2,1-2H3,(H,32,33);8-9,13,15H,3-7,10-11H2,1-2H3,(H,21,24,25)/t18-,26?;13-,15?/m10/s1. The summed E-state index contributed by atoms with van der Waals surface area (Å²) < 4.78 is 46.9. The molecule has 10 rings (SSSR count). The minimum atomic E-state index is -4.29. The van der Waals surface area contributed by atoms with Crippen LogP contribution in [0.2, 0.25) is 0 Å². The molecule has 2 unspecified atom stereocenters. The molecule has 2 aromatic carbocycles. The SMILES string of the molecule is CC1CN(C2CCN(c3ccc(C4c5ccc6[nH]ncc6c5C[C@@H](C)N4CC(F)(F)F)nc3)CC2)C1.CCCN1c2cc3c(cc2OC[C@@H]1CC)C(=O)N(C1CCC(=O)NC1=O)C3. The molecule has 2 aromatic heterocycles. The quantitative estimate of drug-likeness (QED) is 0.187. The molecule has 3 saturated heterocycles. The number of ether oxygens (including phenoxy) is 1. The van der Waals surface area contributed by atoms with Crippen molar-refractivity contribution in [3.05, 3.63) is 76.7 Å². The molecule has 3 fully saturated rings. The smallest absolute Gasteiger partial charge is 0.401 e. The summed E-state index contributed by atoms with van der Waals surface area (Å²) in [4.78, 5) is 51.8. The molecule has 8 heterocycles. The van der Waals surface area contributed by atoms with Gasteiger partial charge in [-0.15, -0.1) is 0 Å². The van der Waals surface area contributed by atoms with Crippen LogP contribution >= 0.6 is 0 Å². The van der Waals surface area contributed by atoms with E-state index in [-0.39, 0.29) is 30.2 Å². The summed E-state index contributed by atoms with van der Waals surface area (Å²) in [6.07, 6.45) is 4.83. The molecule has 336 valence electrons. The fourth-order valence-corrected chi connectivity index (χ4v) is 10.8. The van der Waals surface area contributed by atoms with Crippen molar-refractivity contribution in [2.75, 3.05) is 55.7 Å². The zero-order chi connectivity index (χ0) is 44.2. The van der Waals surface area contributed by atoms with E-state index in [9.17, 15) is 27.6 Å². The van der Waals surface area contributed by atoms with Gasteiger partial charge in [-0.2, -0.15) is 18.3 Å². The zero-order valence-electron chi connectivity index (χ0n) is 36.6. The molecular weight excluding hydrogens is 812 g/mol. The monoisotopic (exact) mass is 869 g/mol. The number of halogens is 3. The van der Waals surface area contributed by atoms with Gasteiger partial charge in [0.1, 0.15) is 18.4 Å². The first kappa shape index (κ1) is 43.1. The number of nitrogens with one attached hydrogen (secondary N) is 2. The van der Waals surface area contributed by atoms with Crippen molar-refractivity contribution in [3.63, 3.8) is 0 Å². The van der Waals surface area contributed by atoms with Gasteiger partial charge in [-0.25, -0.2) is 0 Å². The fraction of sp³-hybridized carbons (Fsp3) is 0.553. The van der Waals surface area contributed by atoms with Crippen molar-refractivity contribution in [2.45, 2.75) is 116 Å². The van der Waals surface area contributed by atoms with Gasteiger partial charge >= 0.3 is 6.18 Å². The molecule has 0 spiro atoms. The van der Waals surface area contributed by atoms with E-state index in [4.69, 9.17) is 9.72 Å². The Balaban J connectivity index is 0.000000167. The van der Waals surface area contributed by atoms with E-state index in [2.05, 4.69) is 51.0 Å². The van der Waals surface area contributed by atoms with Crippen LogP contribution in [0.4, 0.5) is 24.5 Å². The van der Waals surface area contributed by atoms with Crippen molar-refractivity contribution in [1.29, 1.82) is 0 Å². The normalized spacial score (nSPS) is 24.6. The van der Waals surface area contributed by atoms with Gasteiger partial charge in [-0.05, 0) is 98.4 Å². The molecule has 0 aliphatic carbocycles. The Morgan fingerprint density at radius 1 is 0.968 bits per heavy atom. The Morgan fingerprint density at radius 2 is 1.76 bits per heavy atom. The molecule has 0 radical (unpaired) electrons. The Kier molecular flexibility index (Phi) is 11.9. The summed E-state index contributed by atoms with van der Waals surface area (Å²) in [6, 6.07) is 11.3. The Bertz CT molecular complexity index is 2340. The number of pyridine rings is 1. The first-order valence-corrected chi connectivity index (χ1v) is 22.7. The number of carbonyl (C=O) groups excluding carboxylic acids is 3. The van der Waals surface area contributed by atoms with Crippen LogP contribution in [-0.4, -0.2) is 124 Å². The number of carbonyl (C=O) groups is 3. The van der Waals surface area contributed by atoms with Gasteiger partial charge in [0, 0.05) is 68.7 Å². The maximum atomic E-state index is 13.6. The minimum absolute atomic E-state index is 0.162. The highest BCUT2D eigenvalue weighted by Gasteiger charge is 2.43. The Morgan fingerprint density at radius 3 is 2.44 bits per heavy atom. The van der Waals surface area contributed by atoms with E-state index in [0.717, 1.165) is 96.0 Å². The summed E-state index contributed by atoms with van der Waals surface area (Å²) in [6.45, 7) is 13.9. The highest BCUT2D eigenvalue weighted by molar-refractivity contribution is 6.06. The number of aromatic amines is 1. The number of nitrogens with zero attached hydrogens (tertiary/aromatic N) is 7. The highest BCUT2D eigenvalue weighted by atomic mass is 19.4. The van der Waals surface area contributed by atoms with E-state index in [0.29, 0.717) is 49.3 Å². The first-order chi connectivity index (χ1) is 30.3. The van der Waals surface area contributed by atoms with Gasteiger partial charge in [0.25, 0.3) is 5.91 Å². The van der Waals surface area contributed by atoms with Crippen molar-refractivity contribution >= 4 is 40.0 Å². The number of imide groups is 1. The van der Waals surface area contributed by atoms with Gasteiger partial charge in [0.2, 0.25) is 11.8 Å². The van der Waals surface area contributed by atoms with Gasteiger partial charge in [-0.3, -0.25) is 39.6 Å². The molecule has 63 heavy (non-hydrogen) atoms. The summed E-state index contributed by atoms with van der Waals surface area (Å²) >= 11 is 0. The predicted octanol–water partition coefficient (Wildman–Crippen LogP) is 6.61. The minimum Gasteiger partial charge on any atom is -0.489 e. The lowest BCUT2D eigenvalue weighted by Crippen LogP contribution is -2.54. The largest absolute Gasteiger partial charge is 0.489 e. The third kappa shape index (κ3) is 8.48. The molecule has 2 N–H and O–H groups in total. The lowest BCUT2D eigenvalue weighted by molar-refractivity contribution is -0.155. The van der Waals surface area contributed by atoms with Crippen LogP contribution < -0.4 is 19.9 Å². The van der Waals surface area contributed by atoms with Crippen LogP contribution in [0.25, 0.3) is 10.9 Å². The molecule has 6 aliphatic rings. The third-order valence-corrected chi connectivity index (χ3v) is 14.0. The van der Waals surface area contributed by atoms with Crippen molar-refractivity contribution in [2.24, 2.45) is 5.92 Å². The molecular formula is C47H58F3N9O4. The van der Waals surface area contributed by atoms with E-state index in [1.165, 1.54) is 13.1 Å². The number of alkyl halides is 3. The summed E-state index contributed by atoms with van der Waals surface area (Å²) in [5.41, 5.74) is 7.11. The lowest BCUT2D eigenvalue weighted by Gasteiger charge is -2.46. The van der Waals surface area contributed by atoms with Crippen LogP contribution in [0.3, 0.4) is 0 Å². The number of aromatic nitrogens is 3. The predicted molar refractivity (Wildman–Crippen MR) is 234 cm³/mol. The maximum Gasteiger partial charge on any atom is 0.401 e. The van der Waals surface area contributed by atoms with E-state index >= 15 is 0 Å². The number of likely N-dealkylation sites (tertiary alicyclic amines) is 1. The molecule has 0 saturated carbocycles. The highest BCUT2D eigenvalue weighted by Crippen LogP contribution is 2.43. The number of benzene rings is 2. The number of anilines is 2. The van der Waals surface area contributed by atoms with Crippen LogP contribution in [0.5, 0.6) is 5.75 Å². The topological polar surface area (TPSA) is 130 Å². The fourth-order valence-electron chi connectivity index (χ4n) is 10.8. The molecule has 4 atom stereocenters. The molecule has 4 aromatic rings. The molecule has 3 amide bonds. The van der Waals surface area contributed by atoms with Crippen molar-refractivity contribution < 1.29 is 32.3 Å². The van der Waals surface area contributed by atoms with Gasteiger partial charge in [0.15, 0.2) is 0 Å². The summed E-state index contributed by atoms with van der Waals surface area (Å²) in [5.74, 6) is 0.738. The van der Waals surface area contributed by atoms with Gasteiger partial charge in [0.05, 0.1) is 53.6 Å². The summed E-state index contributed by atoms with van der Waals surface area (Å²) in [7, 11) is 0. The first-order valence-electron chi connectivity index (χ1n) is 22.7. The molecule has 13 nitrogen and oxygen atoms in total. The second kappa shape index (κ2) is 17.4. The second-order valence-electron chi connectivity index (χ2n) is 18.4. The van der Waals surface area contributed by atoms with E-state index < -0.39 is 24.8 Å². The van der Waals surface area contributed by atoms with Crippen LogP contribution in [0, 0.1) is 5.92 Å². The van der Waals surface area contributed by atoms with Crippen LogP contribution in [-0.2, 0) is 22.6 Å². The number of fused-ring (bicyclic) bond motifs is 5. The number of amides is 3. The number of rotatable bonds is 8. The molecule has 16 heteroatoms. The average molecular weight is 870 g/mol. The van der Waals surface area contributed by atoms with E-state index in [1.54, 1.807) is 16.0 Å². The van der Waals surface area contributed by atoms with E-state index in [1.807, 2.05) is 49.5 Å². The van der Waals surface area contributed by atoms with Crippen molar-refractivity contribution in [3.8, 4) is 5.75 Å². The number of hydrogen-bond donors (Lipinski definition) is 2. The Labute approximate surface area is 366 Å².